The van der Waals surface area contributed by atoms with Crippen molar-refractivity contribution in [2.75, 3.05) is 39.6 Å². The maximum absolute atomic E-state index is 13.1. The van der Waals surface area contributed by atoms with Gasteiger partial charge in [-0.1, -0.05) is 351 Å². The number of esters is 4. The van der Waals surface area contributed by atoms with Crippen molar-refractivity contribution in [2.45, 2.75) is 420 Å². The second kappa shape index (κ2) is 68.2. The molecule has 0 heterocycles. The first-order chi connectivity index (χ1) is 47.1. The van der Waals surface area contributed by atoms with E-state index >= 15 is 0 Å². The highest BCUT2D eigenvalue weighted by Gasteiger charge is 2.30. The summed E-state index contributed by atoms with van der Waals surface area (Å²) in [6, 6.07) is 0. The summed E-state index contributed by atoms with van der Waals surface area (Å²) in [5, 5.41) is 10.6. The van der Waals surface area contributed by atoms with Crippen molar-refractivity contribution in [3.63, 3.8) is 0 Å². The van der Waals surface area contributed by atoms with Crippen LogP contribution in [0.4, 0.5) is 0 Å². The fourth-order valence-corrected chi connectivity index (χ4v) is 13.7. The van der Waals surface area contributed by atoms with Crippen molar-refractivity contribution in [1.29, 1.82) is 0 Å². The van der Waals surface area contributed by atoms with Crippen LogP contribution in [0.5, 0.6) is 0 Å². The van der Waals surface area contributed by atoms with Crippen LogP contribution in [0.3, 0.4) is 0 Å². The second-order valence-corrected chi connectivity index (χ2v) is 33.3. The average Bonchev–Trinajstić information content (AvgIpc) is 1.01. The minimum absolute atomic E-state index is 0.106. The Morgan fingerprint density at radius 1 is 0.255 bits per heavy atom. The molecule has 17 nitrogen and oxygen atoms in total. The van der Waals surface area contributed by atoms with E-state index < -0.39 is 97.5 Å². The van der Waals surface area contributed by atoms with E-state index in [9.17, 15) is 43.2 Å². The summed E-state index contributed by atoms with van der Waals surface area (Å²) in [7, 11) is -9.92. The Bertz CT molecular complexity index is 1920. The zero-order chi connectivity index (χ0) is 72.4. The lowest BCUT2D eigenvalue weighted by Gasteiger charge is -2.21. The molecule has 0 rings (SSSR count). The number of carbonyl (C=O) groups excluding carboxylic acids is 4. The van der Waals surface area contributed by atoms with Gasteiger partial charge >= 0.3 is 39.5 Å². The third kappa shape index (κ3) is 72.4. The SMILES string of the molecule is CC(C)CCCCCCCCCCCCCCCCCCCCC(=O)O[C@H](COC(=O)CCCCCCCCC(C)C)COP(=O)(O)OCC(O)COP(=O)(O)OC[C@@H](COC(=O)CCCCCCCCCCCCCCC(C)C)OC(=O)CCCCCCCCCCCCC(C)C. The molecule has 98 heavy (non-hydrogen) atoms. The maximum Gasteiger partial charge on any atom is 0.472 e. The molecule has 0 spiro atoms. The van der Waals surface area contributed by atoms with Crippen LogP contribution in [0.2, 0.25) is 0 Å². The van der Waals surface area contributed by atoms with Gasteiger partial charge in [-0.3, -0.25) is 37.3 Å². The zero-order valence-electron chi connectivity index (χ0n) is 64.4. The van der Waals surface area contributed by atoms with Gasteiger partial charge in [0.1, 0.15) is 19.3 Å². The van der Waals surface area contributed by atoms with Crippen LogP contribution in [-0.4, -0.2) is 96.7 Å². The Kier molecular flexibility index (Phi) is 66.8. The molecule has 0 aromatic heterocycles. The minimum atomic E-state index is -4.96. The third-order valence-corrected chi connectivity index (χ3v) is 20.2. The maximum atomic E-state index is 13.1. The lowest BCUT2D eigenvalue weighted by molar-refractivity contribution is -0.161. The van der Waals surface area contributed by atoms with Gasteiger partial charge in [-0.05, 0) is 49.4 Å². The average molecular weight is 1440 g/mol. The lowest BCUT2D eigenvalue weighted by atomic mass is 10.0. The van der Waals surface area contributed by atoms with Crippen LogP contribution < -0.4 is 0 Å². The van der Waals surface area contributed by atoms with E-state index in [1.54, 1.807) is 0 Å². The highest BCUT2D eigenvalue weighted by Crippen LogP contribution is 2.45. The van der Waals surface area contributed by atoms with Crippen LogP contribution >= 0.6 is 15.6 Å². The quantitative estimate of drug-likeness (QED) is 0.0222. The number of aliphatic hydroxyl groups excluding tert-OH is 1. The van der Waals surface area contributed by atoms with Gasteiger partial charge in [0.2, 0.25) is 0 Å². The molecule has 5 atom stereocenters. The van der Waals surface area contributed by atoms with E-state index in [0.717, 1.165) is 114 Å². The first-order valence-corrected chi connectivity index (χ1v) is 43.7. The summed E-state index contributed by atoms with van der Waals surface area (Å²) < 4.78 is 68.6. The van der Waals surface area contributed by atoms with Crippen molar-refractivity contribution in [3.05, 3.63) is 0 Å². The molecule has 3 N–H and O–H groups in total. The topological polar surface area (TPSA) is 237 Å². The van der Waals surface area contributed by atoms with Gasteiger partial charge in [-0.15, -0.1) is 0 Å². The number of aliphatic hydroxyl groups is 1. The summed E-state index contributed by atoms with van der Waals surface area (Å²) in [5.74, 6) is 0.914. The molecule has 0 saturated heterocycles. The summed E-state index contributed by atoms with van der Waals surface area (Å²) in [6.07, 6.45) is 54.4. The van der Waals surface area contributed by atoms with E-state index in [-0.39, 0.29) is 25.7 Å². The minimum Gasteiger partial charge on any atom is -0.462 e. The summed E-state index contributed by atoms with van der Waals surface area (Å²) >= 11 is 0. The molecular formula is C79H154O17P2. The normalized spacial score (nSPS) is 14.1. The van der Waals surface area contributed by atoms with E-state index in [0.29, 0.717) is 31.6 Å². The molecule has 0 fully saturated rings. The van der Waals surface area contributed by atoms with Gasteiger partial charge in [0.25, 0.3) is 0 Å². The summed E-state index contributed by atoms with van der Waals surface area (Å²) in [4.78, 5) is 72.9. The van der Waals surface area contributed by atoms with E-state index in [2.05, 4.69) is 55.4 Å². The van der Waals surface area contributed by atoms with Crippen LogP contribution in [-0.2, 0) is 65.4 Å². The van der Waals surface area contributed by atoms with Gasteiger partial charge in [-0.2, -0.15) is 0 Å². The van der Waals surface area contributed by atoms with E-state index in [1.165, 1.54) is 199 Å². The molecule has 19 heteroatoms. The summed E-state index contributed by atoms with van der Waals surface area (Å²) in [5.41, 5.74) is 0. The van der Waals surface area contributed by atoms with Crippen LogP contribution in [0, 0.1) is 23.7 Å². The predicted molar refractivity (Wildman–Crippen MR) is 400 cm³/mol. The highest BCUT2D eigenvalue weighted by atomic mass is 31.2. The number of hydrogen-bond donors (Lipinski definition) is 3. The van der Waals surface area contributed by atoms with Gasteiger partial charge in [0.15, 0.2) is 12.2 Å². The molecule has 0 aliphatic heterocycles. The smallest absolute Gasteiger partial charge is 0.462 e. The highest BCUT2D eigenvalue weighted by molar-refractivity contribution is 7.47. The monoisotopic (exact) mass is 1440 g/mol. The number of phosphoric acid groups is 2. The predicted octanol–water partition coefficient (Wildman–Crippen LogP) is 23.2. The molecule has 3 unspecified atom stereocenters. The number of rotatable bonds is 76. The number of hydrogen-bond acceptors (Lipinski definition) is 15. The largest absolute Gasteiger partial charge is 0.472 e. The van der Waals surface area contributed by atoms with Crippen molar-refractivity contribution in [2.24, 2.45) is 23.7 Å². The first-order valence-electron chi connectivity index (χ1n) is 40.7. The molecule has 0 aliphatic carbocycles. The summed E-state index contributed by atoms with van der Waals surface area (Å²) in [6.45, 7) is 14.2. The molecule has 0 bridgehead atoms. The molecule has 0 radical (unpaired) electrons. The molecule has 0 saturated carbocycles. The molecule has 0 aromatic carbocycles. The number of unbranched alkanes of at least 4 members (excludes halogenated alkanes) is 42. The van der Waals surface area contributed by atoms with E-state index in [1.807, 2.05) is 0 Å². The van der Waals surface area contributed by atoms with Gasteiger partial charge in [0.05, 0.1) is 26.4 Å². The molecular weight excluding hydrogens is 1280 g/mol. The molecule has 0 amide bonds. The van der Waals surface area contributed by atoms with Crippen molar-refractivity contribution < 1.29 is 80.2 Å². The Hall–Kier alpha value is -1.94. The lowest BCUT2D eigenvalue weighted by Crippen LogP contribution is -2.30. The fourth-order valence-electron chi connectivity index (χ4n) is 12.1. The van der Waals surface area contributed by atoms with Crippen molar-refractivity contribution in [3.8, 4) is 0 Å². The Balaban J connectivity index is 5.18. The van der Waals surface area contributed by atoms with Gasteiger partial charge in [0, 0.05) is 25.7 Å². The zero-order valence-corrected chi connectivity index (χ0v) is 66.2. The third-order valence-electron chi connectivity index (χ3n) is 18.3. The Morgan fingerprint density at radius 2 is 0.429 bits per heavy atom. The number of ether oxygens (including phenoxy) is 4. The second-order valence-electron chi connectivity index (χ2n) is 30.4. The Labute approximate surface area is 600 Å². The number of phosphoric ester groups is 2. The van der Waals surface area contributed by atoms with E-state index in [4.69, 9.17) is 37.0 Å². The Morgan fingerprint density at radius 3 is 0.633 bits per heavy atom. The van der Waals surface area contributed by atoms with Gasteiger partial charge < -0.3 is 33.8 Å². The number of carbonyl (C=O) groups is 4. The van der Waals surface area contributed by atoms with Crippen LogP contribution in [0.1, 0.15) is 402 Å². The van der Waals surface area contributed by atoms with Crippen LogP contribution in [0.25, 0.3) is 0 Å². The molecule has 582 valence electrons. The van der Waals surface area contributed by atoms with Crippen molar-refractivity contribution in [1.82, 2.24) is 0 Å². The van der Waals surface area contributed by atoms with Crippen molar-refractivity contribution >= 4 is 39.5 Å². The fraction of sp³-hybridized carbons (Fsp3) is 0.949. The molecule has 0 aromatic rings. The first kappa shape index (κ1) is 96.1. The van der Waals surface area contributed by atoms with Gasteiger partial charge in [-0.25, -0.2) is 9.13 Å². The standard InChI is InChI=1S/C79H154O17P2/c1-69(2)55-47-39-31-25-19-15-13-11-9-10-12-14-16-22-29-35-45-53-61-78(83)96-75(66-90-77(82)60-52-44-38-37-42-50-58-72(7)8)68-94-98(87,88)92-64-73(80)63-91-97(85,86)93-67-74(95-79(84)62-54-46-36-30-24-23-27-33-41-49-57-71(5)6)65-89-76(81)59-51-43-34-28-21-18-17-20-26-32-40-48-56-70(3)4/h69-75,80H,9-68H2,1-8H3,(H,85,86)(H,87,88)/t73?,74-,75-/m1/s1. The molecule has 0 aliphatic rings. The van der Waals surface area contributed by atoms with Crippen LogP contribution in [0.15, 0.2) is 0 Å².